The Kier molecular flexibility index (Phi) is 5.10. The van der Waals surface area contributed by atoms with Gasteiger partial charge in [-0.25, -0.2) is 9.18 Å². The van der Waals surface area contributed by atoms with Crippen LogP contribution in [-0.4, -0.2) is 42.8 Å². The number of nitrogens with one attached hydrogen (secondary N) is 1. The van der Waals surface area contributed by atoms with Crippen LogP contribution in [0.1, 0.15) is 23.2 Å². The summed E-state index contributed by atoms with van der Waals surface area (Å²) in [5, 5.41) is 11.5. The molecule has 114 valence electrons. The molecule has 7 heteroatoms. The van der Waals surface area contributed by atoms with Crippen molar-refractivity contribution in [1.29, 1.82) is 0 Å². The predicted octanol–water partition coefficient (Wildman–Crippen LogP) is 1.20. The Labute approximate surface area is 120 Å². The van der Waals surface area contributed by atoms with E-state index in [-0.39, 0.29) is 24.3 Å². The molecule has 1 amide bonds. The molecule has 1 aliphatic rings. The number of benzene rings is 1. The molecule has 2 rings (SSSR count). The number of hydrogen-bond donors (Lipinski definition) is 2. The fourth-order valence-electron chi connectivity index (χ4n) is 2.02. The van der Waals surface area contributed by atoms with E-state index in [4.69, 9.17) is 14.6 Å². The standard InChI is InChI=1S/C14H16FNO5/c15-12-7-10(1-2-11(12)14(18)19)21-8-13(17)16-9-3-5-20-6-4-9/h1-2,7,9H,3-6,8H2,(H,16,17)(H,18,19). The van der Waals surface area contributed by atoms with E-state index in [1.807, 2.05) is 0 Å². The zero-order valence-electron chi connectivity index (χ0n) is 11.3. The highest BCUT2D eigenvalue weighted by Crippen LogP contribution is 2.16. The maximum Gasteiger partial charge on any atom is 0.338 e. The Morgan fingerprint density at radius 3 is 2.71 bits per heavy atom. The SMILES string of the molecule is O=C(COc1ccc(C(=O)O)c(F)c1)NC1CCOCC1. The molecule has 0 aliphatic carbocycles. The number of carbonyl (C=O) groups is 2. The Balaban J connectivity index is 1.83. The van der Waals surface area contributed by atoms with Gasteiger partial charge in [-0.2, -0.15) is 0 Å². The molecule has 1 fully saturated rings. The van der Waals surface area contributed by atoms with E-state index < -0.39 is 17.3 Å². The number of hydrogen-bond acceptors (Lipinski definition) is 4. The number of carbonyl (C=O) groups excluding carboxylic acids is 1. The molecule has 1 heterocycles. The molecule has 0 bridgehead atoms. The highest BCUT2D eigenvalue weighted by atomic mass is 19.1. The van der Waals surface area contributed by atoms with Gasteiger partial charge in [0.05, 0.1) is 5.56 Å². The summed E-state index contributed by atoms with van der Waals surface area (Å²) in [6.45, 7) is 0.991. The zero-order valence-corrected chi connectivity index (χ0v) is 11.3. The summed E-state index contributed by atoms with van der Waals surface area (Å²) in [5.41, 5.74) is -0.436. The van der Waals surface area contributed by atoms with Gasteiger partial charge < -0.3 is 19.9 Å². The fourth-order valence-corrected chi connectivity index (χ4v) is 2.02. The van der Waals surface area contributed by atoms with E-state index in [1.54, 1.807) is 0 Å². The number of aromatic carboxylic acids is 1. The normalized spacial score (nSPS) is 15.5. The van der Waals surface area contributed by atoms with Crippen LogP contribution in [0.15, 0.2) is 18.2 Å². The van der Waals surface area contributed by atoms with Crippen molar-refractivity contribution in [3.8, 4) is 5.75 Å². The monoisotopic (exact) mass is 297 g/mol. The molecule has 1 saturated heterocycles. The minimum Gasteiger partial charge on any atom is -0.484 e. The van der Waals surface area contributed by atoms with Crippen LogP contribution in [0.5, 0.6) is 5.75 Å². The first kappa shape index (κ1) is 15.2. The lowest BCUT2D eigenvalue weighted by Gasteiger charge is -2.23. The van der Waals surface area contributed by atoms with Crippen LogP contribution in [0.3, 0.4) is 0 Å². The molecule has 1 aromatic rings. The molecule has 1 aromatic carbocycles. The molecule has 1 aliphatic heterocycles. The van der Waals surface area contributed by atoms with E-state index in [0.717, 1.165) is 25.0 Å². The van der Waals surface area contributed by atoms with Gasteiger partial charge in [0.25, 0.3) is 5.91 Å². The molecule has 0 saturated carbocycles. The Hall–Kier alpha value is -2.15. The second kappa shape index (κ2) is 7.03. The average Bonchev–Trinajstić information content (AvgIpc) is 2.46. The van der Waals surface area contributed by atoms with Gasteiger partial charge in [-0.1, -0.05) is 0 Å². The van der Waals surface area contributed by atoms with Crippen molar-refractivity contribution in [2.75, 3.05) is 19.8 Å². The molecule has 0 unspecified atom stereocenters. The van der Waals surface area contributed by atoms with E-state index in [2.05, 4.69) is 5.32 Å². The van der Waals surface area contributed by atoms with Crippen molar-refractivity contribution in [2.45, 2.75) is 18.9 Å². The van der Waals surface area contributed by atoms with Gasteiger partial charge in [0, 0.05) is 25.3 Å². The largest absolute Gasteiger partial charge is 0.484 e. The number of carboxylic acids is 1. The van der Waals surface area contributed by atoms with Gasteiger partial charge in [-0.05, 0) is 25.0 Å². The smallest absolute Gasteiger partial charge is 0.338 e. The van der Waals surface area contributed by atoms with Crippen LogP contribution < -0.4 is 10.1 Å². The van der Waals surface area contributed by atoms with E-state index >= 15 is 0 Å². The highest BCUT2D eigenvalue weighted by Gasteiger charge is 2.16. The summed E-state index contributed by atoms with van der Waals surface area (Å²) in [5.74, 6) is -2.44. The second-order valence-electron chi connectivity index (χ2n) is 4.69. The van der Waals surface area contributed by atoms with Gasteiger partial charge in [0.1, 0.15) is 11.6 Å². The first-order chi connectivity index (χ1) is 10.1. The maximum atomic E-state index is 13.4. The van der Waals surface area contributed by atoms with Gasteiger partial charge in [-0.15, -0.1) is 0 Å². The lowest BCUT2D eigenvalue weighted by Crippen LogP contribution is -2.41. The van der Waals surface area contributed by atoms with E-state index in [1.165, 1.54) is 6.07 Å². The second-order valence-corrected chi connectivity index (χ2v) is 4.69. The van der Waals surface area contributed by atoms with Gasteiger partial charge in [-0.3, -0.25) is 4.79 Å². The molecule has 0 spiro atoms. The number of ether oxygens (including phenoxy) is 2. The van der Waals surface area contributed by atoms with Crippen LogP contribution in [0.2, 0.25) is 0 Å². The van der Waals surface area contributed by atoms with Gasteiger partial charge in [0.15, 0.2) is 6.61 Å². The Morgan fingerprint density at radius 1 is 1.38 bits per heavy atom. The van der Waals surface area contributed by atoms with Crippen molar-refractivity contribution >= 4 is 11.9 Å². The van der Waals surface area contributed by atoms with Crippen molar-refractivity contribution in [3.05, 3.63) is 29.6 Å². The van der Waals surface area contributed by atoms with E-state index in [0.29, 0.717) is 13.2 Å². The first-order valence-electron chi connectivity index (χ1n) is 6.59. The topological polar surface area (TPSA) is 84.9 Å². The van der Waals surface area contributed by atoms with Crippen LogP contribution in [0.4, 0.5) is 4.39 Å². The third-order valence-corrected chi connectivity index (χ3v) is 3.13. The van der Waals surface area contributed by atoms with Crippen molar-refractivity contribution in [3.63, 3.8) is 0 Å². The van der Waals surface area contributed by atoms with Crippen LogP contribution in [0, 0.1) is 5.82 Å². The molecule has 2 N–H and O–H groups in total. The van der Waals surface area contributed by atoms with Crippen LogP contribution in [0.25, 0.3) is 0 Å². The number of amides is 1. The Morgan fingerprint density at radius 2 is 2.10 bits per heavy atom. The van der Waals surface area contributed by atoms with Gasteiger partial charge in [0.2, 0.25) is 0 Å². The summed E-state index contributed by atoms with van der Waals surface area (Å²) in [4.78, 5) is 22.3. The van der Waals surface area contributed by atoms with Crippen molar-refractivity contribution < 1.29 is 28.6 Å². The quantitative estimate of drug-likeness (QED) is 0.853. The van der Waals surface area contributed by atoms with Crippen molar-refractivity contribution in [2.24, 2.45) is 0 Å². The summed E-state index contributed by atoms with van der Waals surface area (Å²) < 4.78 is 23.8. The third kappa shape index (κ3) is 4.42. The minimum absolute atomic E-state index is 0.0703. The van der Waals surface area contributed by atoms with Crippen LogP contribution in [-0.2, 0) is 9.53 Å². The summed E-state index contributed by atoms with van der Waals surface area (Å²) in [6.07, 6.45) is 1.52. The number of halogens is 1. The molecular formula is C14H16FNO5. The van der Waals surface area contributed by atoms with Crippen molar-refractivity contribution in [1.82, 2.24) is 5.32 Å². The maximum absolute atomic E-state index is 13.4. The molecule has 0 aromatic heterocycles. The third-order valence-electron chi connectivity index (χ3n) is 3.13. The lowest BCUT2D eigenvalue weighted by molar-refractivity contribution is -0.124. The van der Waals surface area contributed by atoms with Gasteiger partial charge >= 0.3 is 5.97 Å². The molecule has 0 radical (unpaired) electrons. The number of carboxylic acid groups (broad SMARTS) is 1. The minimum atomic E-state index is -1.35. The predicted molar refractivity (Wildman–Crippen MR) is 70.8 cm³/mol. The summed E-state index contributed by atoms with van der Waals surface area (Å²) in [7, 11) is 0. The number of rotatable bonds is 5. The Bertz CT molecular complexity index is 528. The molecular weight excluding hydrogens is 281 g/mol. The molecule has 6 nitrogen and oxygen atoms in total. The zero-order chi connectivity index (χ0) is 15.2. The average molecular weight is 297 g/mol. The molecule has 21 heavy (non-hydrogen) atoms. The summed E-state index contributed by atoms with van der Waals surface area (Å²) in [6, 6.07) is 3.43. The lowest BCUT2D eigenvalue weighted by atomic mass is 10.1. The van der Waals surface area contributed by atoms with E-state index in [9.17, 15) is 14.0 Å². The molecule has 0 atom stereocenters. The fraction of sp³-hybridized carbons (Fsp3) is 0.429. The first-order valence-corrected chi connectivity index (χ1v) is 6.59. The summed E-state index contributed by atoms with van der Waals surface area (Å²) >= 11 is 0. The highest BCUT2D eigenvalue weighted by molar-refractivity contribution is 5.88. The van der Waals surface area contributed by atoms with Crippen LogP contribution >= 0.6 is 0 Å².